The second-order valence-electron chi connectivity index (χ2n) is 5.91. The molecule has 0 radical (unpaired) electrons. The van der Waals surface area contributed by atoms with Crippen LogP contribution in [0.4, 0.5) is 5.69 Å². The molecule has 2 N–H and O–H groups in total. The van der Waals surface area contributed by atoms with Gasteiger partial charge in [-0.2, -0.15) is 0 Å². The van der Waals surface area contributed by atoms with E-state index in [9.17, 15) is 9.59 Å². The number of carbonyl (C=O) groups is 2. The van der Waals surface area contributed by atoms with E-state index in [2.05, 4.69) is 29.7 Å². The number of amides is 2. The van der Waals surface area contributed by atoms with Gasteiger partial charge in [0.2, 0.25) is 11.8 Å². The van der Waals surface area contributed by atoms with E-state index >= 15 is 0 Å². The number of nitrogens with one attached hydrogen (secondary N) is 2. The van der Waals surface area contributed by atoms with E-state index in [1.54, 1.807) is 0 Å². The molecule has 2 aromatic rings. The van der Waals surface area contributed by atoms with Crippen molar-refractivity contribution < 1.29 is 9.59 Å². The van der Waals surface area contributed by atoms with Crippen LogP contribution in [0.5, 0.6) is 0 Å². The molecule has 0 saturated heterocycles. The number of anilines is 1. The maximum absolute atomic E-state index is 12.2. The molecule has 24 heavy (non-hydrogen) atoms. The second kappa shape index (κ2) is 7.53. The average Bonchev–Trinajstić information content (AvgIpc) is 2.61. The molecule has 0 bridgehead atoms. The van der Waals surface area contributed by atoms with Crippen LogP contribution in [0, 0.1) is 0 Å². The van der Waals surface area contributed by atoms with Crippen LogP contribution in [-0.4, -0.2) is 23.6 Å². The van der Waals surface area contributed by atoms with E-state index in [1.807, 2.05) is 42.5 Å². The Morgan fingerprint density at radius 3 is 2.67 bits per heavy atom. The Balaban J connectivity index is 1.53. The van der Waals surface area contributed by atoms with Crippen molar-refractivity contribution in [2.24, 2.45) is 0 Å². The predicted molar refractivity (Wildman–Crippen MR) is 97.2 cm³/mol. The van der Waals surface area contributed by atoms with Gasteiger partial charge in [-0.3, -0.25) is 9.59 Å². The van der Waals surface area contributed by atoms with Crippen LogP contribution < -0.4 is 10.6 Å². The van der Waals surface area contributed by atoms with Gasteiger partial charge in [-0.15, -0.1) is 11.8 Å². The summed E-state index contributed by atoms with van der Waals surface area (Å²) in [7, 11) is 0. The minimum absolute atomic E-state index is 0.0928. The lowest BCUT2D eigenvalue weighted by Crippen LogP contribution is -2.36. The average molecular weight is 340 g/mol. The summed E-state index contributed by atoms with van der Waals surface area (Å²) in [6, 6.07) is 17.7. The lowest BCUT2D eigenvalue weighted by molar-refractivity contribution is -0.124. The predicted octanol–water partition coefficient (Wildman–Crippen LogP) is 3.41. The highest BCUT2D eigenvalue weighted by molar-refractivity contribution is 8.01. The summed E-state index contributed by atoms with van der Waals surface area (Å²) in [5.41, 5.74) is 2.01. The first kappa shape index (κ1) is 16.6. The van der Waals surface area contributed by atoms with E-state index in [0.29, 0.717) is 6.54 Å². The zero-order valence-electron chi connectivity index (χ0n) is 13.5. The van der Waals surface area contributed by atoms with Gasteiger partial charge in [-0.1, -0.05) is 49.4 Å². The quantitative estimate of drug-likeness (QED) is 0.877. The highest BCUT2D eigenvalue weighted by Gasteiger charge is 2.28. The van der Waals surface area contributed by atoms with E-state index < -0.39 is 0 Å². The fourth-order valence-corrected chi connectivity index (χ4v) is 3.74. The van der Waals surface area contributed by atoms with Gasteiger partial charge in [0.1, 0.15) is 0 Å². The maximum Gasteiger partial charge on any atom is 0.238 e. The summed E-state index contributed by atoms with van der Waals surface area (Å²) in [6.07, 6.45) is 0.187. The molecule has 3 rings (SSSR count). The molecule has 0 aliphatic carbocycles. The molecule has 124 valence electrons. The van der Waals surface area contributed by atoms with Gasteiger partial charge in [-0.05, 0) is 23.6 Å². The zero-order valence-corrected chi connectivity index (χ0v) is 14.3. The fourth-order valence-electron chi connectivity index (χ4n) is 2.63. The zero-order chi connectivity index (χ0) is 16.9. The van der Waals surface area contributed by atoms with Crippen molar-refractivity contribution in [3.63, 3.8) is 0 Å². The maximum atomic E-state index is 12.2. The molecule has 0 spiro atoms. The van der Waals surface area contributed by atoms with Gasteiger partial charge < -0.3 is 10.6 Å². The number of hydrogen-bond acceptors (Lipinski definition) is 3. The Morgan fingerprint density at radius 1 is 1.17 bits per heavy atom. The van der Waals surface area contributed by atoms with Crippen LogP contribution >= 0.6 is 11.8 Å². The summed E-state index contributed by atoms with van der Waals surface area (Å²) in [4.78, 5) is 25.3. The highest BCUT2D eigenvalue weighted by atomic mass is 32.2. The minimum Gasteiger partial charge on any atom is -0.355 e. The summed E-state index contributed by atoms with van der Waals surface area (Å²) in [5, 5.41) is 5.42. The Labute approximate surface area is 146 Å². The molecule has 1 aliphatic rings. The van der Waals surface area contributed by atoms with Crippen LogP contribution in [-0.2, 0) is 9.59 Å². The second-order valence-corrected chi connectivity index (χ2v) is 7.16. The topological polar surface area (TPSA) is 58.2 Å². The van der Waals surface area contributed by atoms with E-state index in [1.165, 1.54) is 17.3 Å². The molecule has 2 aromatic carbocycles. The fraction of sp³-hybridized carbons (Fsp3) is 0.263. The molecule has 4 nitrogen and oxygen atoms in total. The molecular formula is C19H20N2O2S. The largest absolute Gasteiger partial charge is 0.355 e. The van der Waals surface area contributed by atoms with Gasteiger partial charge in [0.05, 0.1) is 10.9 Å². The van der Waals surface area contributed by atoms with Crippen molar-refractivity contribution in [2.75, 3.05) is 11.9 Å². The number of carbonyl (C=O) groups excluding carboxylic acids is 2. The SMILES string of the molecule is C[C@H](CNC(=O)C[C@H]1Sc2ccccc2NC1=O)c1ccccc1. The van der Waals surface area contributed by atoms with Gasteiger partial charge in [-0.25, -0.2) is 0 Å². The Morgan fingerprint density at radius 2 is 1.88 bits per heavy atom. The number of benzene rings is 2. The van der Waals surface area contributed by atoms with Crippen LogP contribution in [0.15, 0.2) is 59.5 Å². The molecule has 2 amide bonds. The van der Waals surface area contributed by atoms with Crippen LogP contribution in [0.25, 0.3) is 0 Å². The number of thioether (sulfide) groups is 1. The number of rotatable bonds is 5. The van der Waals surface area contributed by atoms with E-state index in [4.69, 9.17) is 0 Å². The number of hydrogen-bond donors (Lipinski definition) is 2. The van der Waals surface area contributed by atoms with Crippen molar-refractivity contribution in [3.8, 4) is 0 Å². The smallest absolute Gasteiger partial charge is 0.238 e. The lowest BCUT2D eigenvalue weighted by atomic mass is 10.0. The normalized spacial score (nSPS) is 17.5. The van der Waals surface area contributed by atoms with Gasteiger partial charge >= 0.3 is 0 Å². The number of fused-ring (bicyclic) bond motifs is 1. The molecule has 2 atom stereocenters. The molecule has 0 unspecified atom stereocenters. The van der Waals surface area contributed by atoms with Crippen LogP contribution in [0.3, 0.4) is 0 Å². The first-order valence-corrected chi connectivity index (χ1v) is 8.89. The first-order chi connectivity index (χ1) is 11.6. The van der Waals surface area contributed by atoms with Gasteiger partial charge in [0.15, 0.2) is 0 Å². The third-order valence-electron chi connectivity index (χ3n) is 4.05. The molecule has 0 saturated carbocycles. The highest BCUT2D eigenvalue weighted by Crippen LogP contribution is 2.36. The molecule has 5 heteroatoms. The van der Waals surface area contributed by atoms with Crippen molar-refractivity contribution in [2.45, 2.75) is 29.4 Å². The van der Waals surface area contributed by atoms with E-state index in [0.717, 1.165) is 10.6 Å². The molecule has 0 aromatic heterocycles. The van der Waals surface area contributed by atoms with Crippen molar-refractivity contribution in [1.82, 2.24) is 5.32 Å². The standard InChI is InChI=1S/C19H20N2O2S/c1-13(14-7-3-2-4-8-14)12-20-18(22)11-17-19(23)21-15-9-5-6-10-16(15)24-17/h2-10,13,17H,11-12H2,1H3,(H,20,22)(H,21,23)/t13-,17-/m1/s1. The van der Waals surface area contributed by atoms with Crippen LogP contribution in [0.2, 0.25) is 0 Å². The Kier molecular flexibility index (Phi) is 5.20. The summed E-state index contributed by atoms with van der Waals surface area (Å²) in [5.74, 6) is 0.0403. The Hall–Kier alpha value is -2.27. The van der Waals surface area contributed by atoms with Gasteiger partial charge in [0.25, 0.3) is 0 Å². The number of para-hydroxylation sites is 1. The monoisotopic (exact) mass is 340 g/mol. The Bertz CT molecular complexity index is 733. The van der Waals surface area contributed by atoms with Crippen molar-refractivity contribution in [3.05, 3.63) is 60.2 Å². The summed E-state index contributed by atoms with van der Waals surface area (Å²) >= 11 is 1.45. The van der Waals surface area contributed by atoms with E-state index in [-0.39, 0.29) is 29.4 Å². The lowest BCUT2D eigenvalue weighted by Gasteiger charge is -2.23. The van der Waals surface area contributed by atoms with Crippen molar-refractivity contribution in [1.29, 1.82) is 0 Å². The first-order valence-electron chi connectivity index (χ1n) is 8.01. The molecular weight excluding hydrogens is 320 g/mol. The third-order valence-corrected chi connectivity index (χ3v) is 5.33. The van der Waals surface area contributed by atoms with Crippen molar-refractivity contribution >= 4 is 29.3 Å². The molecule has 0 fully saturated rings. The summed E-state index contributed by atoms with van der Waals surface area (Å²) in [6.45, 7) is 2.65. The minimum atomic E-state index is -0.382. The van der Waals surface area contributed by atoms with Crippen LogP contribution in [0.1, 0.15) is 24.8 Å². The third kappa shape index (κ3) is 3.97. The molecule has 1 heterocycles. The molecule has 1 aliphatic heterocycles. The summed E-state index contributed by atoms with van der Waals surface area (Å²) < 4.78 is 0. The van der Waals surface area contributed by atoms with Gasteiger partial charge in [0, 0.05) is 17.9 Å².